The lowest BCUT2D eigenvalue weighted by Gasteiger charge is -2.35. The van der Waals surface area contributed by atoms with Crippen LogP contribution in [0, 0.1) is 0 Å². The second kappa shape index (κ2) is 4.81. The highest BCUT2D eigenvalue weighted by Crippen LogP contribution is 2.29. The largest absolute Gasteiger partial charge is 0.394 e. The van der Waals surface area contributed by atoms with Crippen molar-refractivity contribution in [1.82, 2.24) is 9.80 Å². The van der Waals surface area contributed by atoms with E-state index in [0.29, 0.717) is 5.84 Å². The predicted octanol–water partition coefficient (Wildman–Crippen LogP) is -1.17. The van der Waals surface area contributed by atoms with E-state index in [0.717, 1.165) is 5.57 Å². The van der Waals surface area contributed by atoms with Gasteiger partial charge >= 0.3 is 6.03 Å². The molecular weight excluding hydrogens is 266 g/mol. The van der Waals surface area contributed by atoms with Crippen LogP contribution in [0.4, 0.5) is 4.79 Å². The zero-order chi connectivity index (χ0) is 14.4. The average Bonchev–Trinajstić information content (AvgIpc) is 2.97. The molecule has 0 aromatic carbocycles. The first-order valence-electron chi connectivity index (χ1n) is 6.50. The van der Waals surface area contributed by atoms with E-state index in [1.54, 1.807) is 13.1 Å². The van der Waals surface area contributed by atoms with Crippen LogP contribution < -0.4 is 0 Å². The molecule has 4 atom stereocenters. The maximum atomic E-state index is 12.4. The summed E-state index contributed by atoms with van der Waals surface area (Å²) in [6.07, 6.45) is -1.31. The summed E-state index contributed by atoms with van der Waals surface area (Å²) in [5.41, 5.74) is 0.742. The second-order valence-corrected chi connectivity index (χ2v) is 5.13. The molecule has 2 amide bonds. The van der Waals surface area contributed by atoms with Crippen molar-refractivity contribution >= 4 is 11.9 Å². The van der Waals surface area contributed by atoms with Crippen molar-refractivity contribution in [2.75, 3.05) is 13.2 Å². The molecule has 0 saturated carbocycles. The second-order valence-electron chi connectivity index (χ2n) is 5.13. The highest BCUT2D eigenvalue weighted by atomic mass is 16.5. The summed E-state index contributed by atoms with van der Waals surface area (Å²) in [7, 11) is 0. The number of fused-ring (bicyclic) bond motifs is 1. The summed E-state index contributed by atoms with van der Waals surface area (Å²) in [5.74, 6) is 0.469. The SMILES string of the molecule is CC1=CN([C@H]2C[C@H](O)[C@@H](CO)O2)C(=O)N2C1=NCC2O. The monoisotopic (exact) mass is 283 g/mol. The van der Waals surface area contributed by atoms with Gasteiger partial charge in [-0.05, 0) is 6.92 Å². The highest BCUT2D eigenvalue weighted by Gasteiger charge is 2.44. The molecule has 3 aliphatic heterocycles. The number of hydrogen-bond donors (Lipinski definition) is 3. The lowest BCUT2D eigenvalue weighted by atomic mass is 10.1. The van der Waals surface area contributed by atoms with E-state index >= 15 is 0 Å². The molecule has 0 aromatic heterocycles. The Hall–Kier alpha value is -1.48. The van der Waals surface area contributed by atoms with Gasteiger partial charge in [-0.25, -0.2) is 9.69 Å². The first kappa shape index (κ1) is 13.5. The van der Waals surface area contributed by atoms with Gasteiger partial charge in [0.1, 0.15) is 18.2 Å². The Morgan fingerprint density at radius 3 is 2.90 bits per heavy atom. The van der Waals surface area contributed by atoms with Gasteiger partial charge in [0, 0.05) is 18.2 Å². The lowest BCUT2D eigenvalue weighted by Crippen LogP contribution is -2.53. The van der Waals surface area contributed by atoms with Crippen LogP contribution in [0.3, 0.4) is 0 Å². The van der Waals surface area contributed by atoms with Gasteiger partial charge in [0.2, 0.25) is 0 Å². The number of aliphatic hydroxyl groups excluding tert-OH is 3. The number of rotatable bonds is 2. The number of amidine groups is 1. The van der Waals surface area contributed by atoms with Crippen LogP contribution in [-0.2, 0) is 4.74 Å². The first-order chi connectivity index (χ1) is 9.52. The molecule has 1 saturated heterocycles. The van der Waals surface area contributed by atoms with Crippen LogP contribution in [0.15, 0.2) is 16.8 Å². The van der Waals surface area contributed by atoms with Gasteiger partial charge < -0.3 is 20.1 Å². The molecule has 20 heavy (non-hydrogen) atoms. The van der Waals surface area contributed by atoms with Crippen molar-refractivity contribution in [1.29, 1.82) is 0 Å². The number of carbonyl (C=O) groups excluding carboxylic acids is 1. The van der Waals surface area contributed by atoms with Crippen LogP contribution >= 0.6 is 0 Å². The number of nitrogens with zero attached hydrogens (tertiary/aromatic N) is 3. The topological polar surface area (TPSA) is 106 Å². The van der Waals surface area contributed by atoms with Crippen molar-refractivity contribution in [2.45, 2.75) is 38.0 Å². The van der Waals surface area contributed by atoms with Crippen LogP contribution in [0.25, 0.3) is 0 Å². The number of carbonyl (C=O) groups is 1. The third kappa shape index (κ3) is 1.92. The number of aliphatic hydroxyl groups is 3. The summed E-state index contributed by atoms with van der Waals surface area (Å²) in [5, 5.41) is 28.7. The summed E-state index contributed by atoms with van der Waals surface area (Å²) in [6, 6.07) is -0.435. The van der Waals surface area contributed by atoms with E-state index in [-0.39, 0.29) is 19.6 Å². The van der Waals surface area contributed by atoms with Gasteiger partial charge in [-0.2, -0.15) is 0 Å². The van der Waals surface area contributed by atoms with Crippen molar-refractivity contribution in [3.63, 3.8) is 0 Å². The molecule has 0 aliphatic carbocycles. The van der Waals surface area contributed by atoms with E-state index in [9.17, 15) is 15.0 Å². The third-order valence-electron chi connectivity index (χ3n) is 3.74. The summed E-state index contributed by atoms with van der Waals surface area (Å²) in [4.78, 5) is 19.1. The van der Waals surface area contributed by atoms with Crippen molar-refractivity contribution < 1.29 is 24.9 Å². The predicted molar refractivity (Wildman–Crippen MR) is 67.5 cm³/mol. The van der Waals surface area contributed by atoms with E-state index in [2.05, 4.69) is 4.99 Å². The lowest BCUT2D eigenvalue weighted by molar-refractivity contribution is -0.0584. The number of urea groups is 1. The molecule has 0 spiro atoms. The van der Waals surface area contributed by atoms with E-state index in [1.165, 1.54) is 9.80 Å². The molecule has 0 radical (unpaired) electrons. The smallest absolute Gasteiger partial charge is 0.334 e. The van der Waals surface area contributed by atoms with Gasteiger partial charge in [0.25, 0.3) is 0 Å². The maximum absolute atomic E-state index is 12.4. The van der Waals surface area contributed by atoms with Crippen LogP contribution in [0.2, 0.25) is 0 Å². The number of amides is 2. The minimum absolute atomic E-state index is 0.160. The van der Waals surface area contributed by atoms with E-state index in [1.807, 2.05) is 0 Å². The van der Waals surface area contributed by atoms with Crippen molar-refractivity contribution in [3.05, 3.63) is 11.8 Å². The molecule has 3 N–H and O–H groups in total. The Labute approximate surface area is 115 Å². The van der Waals surface area contributed by atoms with Crippen LogP contribution in [0.1, 0.15) is 13.3 Å². The number of hydrogen-bond acceptors (Lipinski definition) is 6. The molecule has 8 heteroatoms. The molecule has 110 valence electrons. The first-order valence-corrected chi connectivity index (χ1v) is 6.50. The zero-order valence-corrected chi connectivity index (χ0v) is 11.0. The number of ether oxygens (including phenoxy) is 1. The Bertz CT molecular complexity index is 491. The van der Waals surface area contributed by atoms with Gasteiger partial charge in [-0.3, -0.25) is 9.89 Å². The Morgan fingerprint density at radius 1 is 1.50 bits per heavy atom. The van der Waals surface area contributed by atoms with Crippen LogP contribution in [-0.4, -0.2) is 74.8 Å². The molecular formula is C12H17N3O5. The minimum atomic E-state index is -0.969. The fourth-order valence-corrected chi connectivity index (χ4v) is 2.70. The fourth-order valence-electron chi connectivity index (χ4n) is 2.70. The molecule has 3 heterocycles. The molecule has 0 aromatic rings. The molecule has 8 nitrogen and oxygen atoms in total. The standard InChI is InChI=1S/C12H17N3O5/c1-6-4-14(10-2-7(17)8(5-16)20-10)12(19)15-9(18)3-13-11(6)15/h4,7-10,16-18H,2-3,5H2,1H3/t7-,8+,9?,10+/m0/s1. The number of aliphatic imine (C=N–C) groups is 1. The average molecular weight is 283 g/mol. The Morgan fingerprint density at radius 2 is 2.25 bits per heavy atom. The van der Waals surface area contributed by atoms with Gasteiger partial charge in [-0.15, -0.1) is 0 Å². The quantitative estimate of drug-likeness (QED) is 0.592. The Kier molecular flexibility index (Phi) is 3.25. The highest BCUT2D eigenvalue weighted by molar-refractivity contribution is 6.10. The van der Waals surface area contributed by atoms with Crippen LogP contribution in [0.5, 0.6) is 0 Å². The molecule has 0 bridgehead atoms. The molecule has 1 fully saturated rings. The summed E-state index contributed by atoms with van der Waals surface area (Å²) < 4.78 is 5.48. The van der Waals surface area contributed by atoms with E-state index in [4.69, 9.17) is 9.84 Å². The van der Waals surface area contributed by atoms with Gasteiger partial charge in [-0.1, -0.05) is 0 Å². The van der Waals surface area contributed by atoms with E-state index < -0.39 is 30.7 Å². The fraction of sp³-hybridized carbons (Fsp3) is 0.667. The maximum Gasteiger partial charge on any atom is 0.334 e. The van der Waals surface area contributed by atoms with Crippen molar-refractivity contribution in [2.24, 2.45) is 4.99 Å². The van der Waals surface area contributed by atoms with Gasteiger partial charge in [0.05, 0.1) is 19.3 Å². The Balaban J connectivity index is 1.85. The zero-order valence-electron chi connectivity index (χ0n) is 11.0. The minimum Gasteiger partial charge on any atom is -0.394 e. The normalized spacial score (nSPS) is 37.1. The third-order valence-corrected chi connectivity index (χ3v) is 3.74. The molecule has 1 unspecified atom stereocenters. The summed E-state index contributed by atoms with van der Waals surface area (Å²) in [6.45, 7) is 1.65. The van der Waals surface area contributed by atoms with Gasteiger partial charge in [0.15, 0.2) is 6.23 Å². The van der Waals surface area contributed by atoms with Crippen molar-refractivity contribution in [3.8, 4) is 0 Å². The molecule has 3 rings (SSSR count). The molecule has 3 aliphatic rings. The summed E-state index contributed by atoms with van der Waals surface area (Å²) >= 11 is 0.